The number of aromatic carboxylic acids is 1. The van der Waals surface area contributed by atoms with Gasteiger partial charge in [-0.25, -0.2) is 4.79 Å². The summed E-state index contributed by atoms with van der Waals surface area (Å²) in [5, 5.41) is 12.5. The molecule has 0 spiro atoms. The standard InChI is InChI=1S/C14H20N2O2/c1-9-4-2-5-10(8-9)16-13-11(14(17)18)6-3-7-12(13)15/h3,6-7,9-10,16H,2,4-5,8,15H2,1H3,(H,17,18). The average molecular weight is 248 g/mol. The van der Waals surface area contributed by atoms with Crippen molar-refractivity contribution in [3.05, 3.63) is 23.8 Å². The lowest BCUT2D eigenvalue weighted by Crippen LogP contribution is -2.27. The third-order valence-corrected chi connectivity index (χ3v) is 3.61. The van der Waals surface area contributed by atoms with Crippen molar-refractivity contribution < 1.29 is 9.90 Å². The lowest BCUT2D eigenvalue weighted by Gasteiger charge is -2.29. The van der Waals surface area contributed by atoms with Crippen molar-refractivity contribution in [2.24, 2.45) is 5.92 Å². The number of nitrogens with two attached hydrogens (primary N) is 1. The average Bonchev–Trinajstić information content (AvgIpc) is 2.31. The van der Waals surface area contributed by atoms with Crippen LogP contribution in [0.1, 0.15) is 43.0 Å². The minimum Gasteiger partial charge on any atom is -0.478 e. The van der Waals surface area contributed by atoms with Crippen molar-refractivity contribution in [1.29, 1.82) is 0 Å². The molecule has 0 aromatic heterocycles. The number of rotatable bonds is 3. The Kier molecular flexibility index (Phi) is 3.75. The Morgan fingerprint density at radius 3 is 2.89 bits per heavy atom. The fraction of sp³-hybridized carbons (Fsp3) is 0.500. The highest BCUT2D eigenvalue weighted by Gasteiger charge is 2.21. The summed E-state index contributed by atoms with van der Waals surface area (Å²) in [6, 6.07) is 5.33. The van der Waals surface area contributed by atoms with E-state index in [-0.39, 0.29) is 5.56 Å². The second-order valence-electron chi connectivity index (χ2n) is 5.19. The van der Waals surface area contributed by atoms with Crippen LogP contribution in [0.4, 0.5) is 11.4 Å². The highest BCUT2D eigenvalue weighted by molar-refractivity contribution is 5.97. The van der Waals surface area contributed by atoms with Gasteiger partial charge in [0.1, 0.15) is 0 Å². The number of nitrogen functional groups attached to an aromatic ring is 1. The van der Waals surface area contributed by atoms with E-state index < -0.39 is 5.97 Å². The van der Waals surface area contributed by atoms with Crippen LogP contribution in [0.5, 0.6) is 0 Å². The molecule has 18 heavy (non-hydrogen) atoms. The van der Waals surface area contributed by atoms with Crippen LogP contribution in [0, 0.1) is 5.92 Å². The Morgan fingerprint density at radius 1 is 1.44 bits per heavy atom. The van der Waals surface area contributed by atoms with E-state index in [1.807, 2.05) is 0 Å². The van der Waals surface area contributed by atoms with E-state index in [9.17, 15) is 9.90 Å². The zero-order valence-corrected chi connectivity index (χ0v) is 10.6. The number of benzene rings is 1. The molecule has 1 fully saturated rings. The maximum atomic E-state index is 11.2. The van der Waals surface area contributed by atoms with E-state index in [1.54, 1.807) is 18.2 Å². The molecule has 2 rings (SSSR count). The molecular weight excluding hydrogens is 228 g/mol. The maximum absolute atomic E-state index is 11.2. The van der Waals surface area contributed by atoms with Crippen molar-refractivity contribution in [2.75, 3.05) is 11.1 Å². The highest BCUT2D eigenvalue weighted by atomic mass is 16.4. The summed E-state index contributed by atoms with van der Waals surface area (Å²) in [5.74, 6) is -0.247. The molecule has 4 nitrogen and oxygen atoms in total. The molecule has 1 aliphatic rings. The minimum atomic E-state index is -0.936. The summed E-state index contributed by atoms with van der Waals surface area (Å²) in [7, 11) is 0. The van der Waals surface area contributed by atoms with Crippen LogP contribution in [0.25, 0.3) is 0 Å². The van der Waals surface area contributed by atoms with Crippen molar-refractivity contribution >= 4 is 17.3 Å². The molecule has 98 valence electrons. The smallest absolute Gasteiger partial charge is 0.337 e. The number of anilines is 2. The molecule has 1 aliphatic carbocycles. The number of carboxylic acid groups (broad SMARTS) is 1. The number of hydrogen-bond acceptors (Lipinski definition) is 3. The van der Waals surface area contributed by atoms with Crippen LogP contribution in [-0.2, 0) is 0 Å². The fourth-order valence-corrected chi connectivity index (χ4v) is 2.68. The molecule has 0 saturated heterocycles. The van der Waals surface area contributed by atoms with Gasteiger partial charge in [0, 0.05) is 6.04 Å². The minimum absolute atomic E-state index is 0.258. The lowest BCUT2D eigenvalue weighted by atomic mass is 9.87. The van der Waals surface area contributed by atoms with Gasteiger partial charge in [-0.2, -0.15) is 0 Å². The summed E-state index contributed by atoms with van der Waals surface area (Å²) in [6.07, 6.45) is 4.60. The topological polar surface area (TPSA) is 75.3 Å². The zero-order chi connectivity index (χ0) is 13.1. The fourth-order valence-electron chi connectivity index (χ4n) is 2.68. The summed E-state index contributed by atoms with van der Waals surface area (Å²) < 4.78 is 0. The summed E-state index contributed by atoms with van der Waals surface area (Å²) in [6.45, 7) is 2.24. The maximum Gasteiger partial charge on any atom is 0.337 e. The molecule has 1 aromatic rings. The first-order valence-corrected chi connectivity index (χ1v) is 6.46. The molecule has 1 aromatic carbocycles. The number of hydrogen-bond donors (Lipinski definition) is 3. The Labute approximate surface area is 107 Å². The third-order valence-electron chi connectivity index (χ3n) is 3.61. The van der Waals surface area contributed by atoms with Crippen LogP contribution < -0.4 is 11.1 Å². The Balaban J connectivity index is 2.20. The second-order valence-corrected chi connectivity index (χ2v) is 5.19. The van der Waals surface area contributed by atoms with E-state index >= 15 is 0 Å². The first kappa shape index (κ1) is 12.7. The molecule has 0 radical (unpaired) electrons. The molecule has 2 atom stereocenters. The lowest BCUT2D eigenvalue weighted by molar-refractivity contribution is 0.0698. The van der Waals surface area contributed by atoms with Gasteiger partial charge in [0.2, 0.25) is 0 Å². The van der Waals surface area contributed by atoms with E-state index in [0.717, 1.165) is 12.8 Å². The molecule has 0 amide bonds. The summed E-state index contributed by atoms with van der Waals surface area (Å²) in [4.78, 5) is 11.2. The van der Waals surface area contributed by atoms with E-state index in [1.165, 1.54) is 12.8 Å². The number of carbonyl (C=O) groups is 1. The largest absolute Gasteiger partial charge is 0.478 e. The van der Waals surface area contributed by atoms with Crippen LogP contribution >= 0.6 is 0 Å². The summed E-state index contributed by atoms with van der Waals surface area (Å²) >= 11 is 0. The van der Waals surface area contributed by atoms with Crippen molar-refractivity contribution in [1.82, 2.24) is 0 Å². The van der Waals surface area contributed by atoms with Crippen molar-refractivity contribution in [2.45, 2.75) is 38.6 Å². The van der Waals surface area contributed by atoms with Gasteiger partial charge in [-0.1, -0.05) is 25.8 Å². The molecule has 2 unspecified atom stereocenters. The predicted octanol–water partition coefficient (Wildman–Crippen LogP) is 2.96. The first-order chi connectivity index (χ1) is 8.58. The monoisotopic (exact) mass is 248 g/mol. The van der Waals surface area contributed by atoms with E-state index in [2.05, 4.69) is 12.2 Å². The normalized spacial score (nSPS) is 23.6. The third kappa shape index (κ3) is 2.75. The van der Waals surface area contributed by atoms with Gasteiger partial charge in [0.25, 0.3) is 0 Å². The van der Waals surface area contributed by atoms with Crippen molar-refractivity contribution in [3.8, 4) is 0 Å². The van der Waals surface area contributed by atoms with Gasteiger partial charge in [0.05, 0.1) is 16.9 Å². The number of carboxylic acids is 1. The Morgan fingerprint density at radius 2 is 2.22 bits per heavy atom. The number of para-hydroxylation sites is 1. The molecule has 1 saturated carbocycles. The first-order valence-electron chi connectivity index (χ1n) is 6.46. The summed E-state index contributed by atoms with van der Waals surface area (Å²) in [5.41, 5.74) is 7.22. The Bertz CT molecular complexity index is 445. The van der Waals surface area contributed by atoms with E-state index in [0.29, 0.717) is 23.3 Å². The van der Waals surface area contributed by atoms with Crippen LogP contribution in [0.2, 0.25) is 0 Å². The van der Waals surface area contributed by atoms with Gasteiger partial charge in [-0.3, -0.25) is 0 Å². The molecule has 0 bridgehead atoms. The van der Waals surface area contributed by atoms with Crippen LogP contribution in [-0.4, -0.2) is 17.1 Å². The highest BCUT2D eigenvalue weighted by Crippen LogP contribution is 2.30. The van der Waals surface area contributed by atoms with Crippen molar-refractivity contribution in [3.63, 3.8) is 0 Å². The molecule has 4 N–H and O–H groups in total. The van der Waals surface area contributed by atoms with E-state index in [4.69, 9.17) is 5.73 Å². The molecular formula is C14H20N2O2. The SMILES string of the molecule is CC1CCCC(Nc2c(N)cccc2C(=O)O)C1. The molecule has 4 heteroatoms. The van der Waals surface area contributed by atoms with Crippen LogP contribution in [0.15, 0.2) is 18.2 Å². The predicted molar refractivity (Wildman–Crippen MR) is 72.9 cm³/mol. The quantitative estimate of drug-likeness (QED) is 0.719. The Hall–Kier alpha value is -1.71. The van der Waals surface area contributed by atoms with Gasteiger partial charge in [-0.15, -0.1) is 0 Å². The van der Waals surface area contributed by atoms with Gasteiger partial charge >= 0.3 is 5.97 Å². The van der Waals surface area contributed by atoms with Gasteiger partial charge < -0.3 is 16.2 Å². The van der Waals surface area contributed by atoms with Crippen LogP contribution in [0.3, 0.4) is 0 Å². The second kappa shape index (κ2) is 5.29. The molecule has 0 aliphatic heterocycles. The number of nitrogens with one attached hydrogen (secondary N) is 1. The molecule has 0 heterocycles. The van der Waals surface area contributed by atoms with Gasteiger partial charge in [-0.05, 0) is 30.9 Å². The zero-order valence-electron chi connectivity index (χ0n) is 10.6. The van der Waals surface area contributed by atoms with Gasteiger partial charge in [0.15, 0.2) is 0 Å².